The van der Waals surface area contributed by atoms with E-state index in [1.807, 2.05) is 6.07 Å². The molecule has 1 unspecified atom stereocenters. The number of rotatable bonds is 8. The monoisotopic (exact) mass is 305 g/mol. The van der Waals surface area contributed by atoms with Gasteiger partial charge in [-0.3, -0.25) is 0 Å². The first-order chi connectivity index (χ1) is 8.93. The van der Waals surface area contributed by atoms with Crippen molar-refractivity contribution >= 4 is 21.6 Å². The summed E-state index contributed by atoms with van der Waals surface area (Å²) in [4.78, 5) is 0.844. The molecule has 0 aliphatic heterocycles. The third-order valence-corrected chi connectivity index (χ3v) is 5.70. The van der Waals surface area contributed by atoms with Gasteiger partial charge in [0.1, 0.15) is 15.7 Å². The number of hydrogen-bond donors (Lipinski definition) is 1. The van der Waals surface area contributed by atoms with Gasteiger partial charge in [-0.2, -0.15) is 0 Å². The third-order valence-electron chi connectivity index (χ3n) is 2.73. The van der Waals surface area contributed by atoms with Crippen molar-refractivity contribution in [1.29, 1.82) is 0 Å². The lowest BCUT2D eigenvalue weighted by molar-refractivity contribution is 0.587. The van der Waals surface area contributed by atoms with Crippen molar-refractivity contribution < 1.29 is 12.8 Å². The number of benzene rings is 1. The summed E-state index contributed by atoms with van der Waals surface area (Å²) in [6.07, 6.45) is 1.25. The molecule has 6 heteroatoms. The van der Waals surface area contributed by atoms with E-state index < -0.39 is 9.84 Å². The minimum Gasteiger partial charge on any atom is -0.327 e. The lowest BCUT2D eigenvalue weighted by Gasteiger charge is -2.11. The molecule has 0 heterocycles. The van der Waals surface area contributed by atoms with E-state index in [4.69, 9.17) is 5.73 Å². The lowest BCUT2D eigenvalue weighted by atomic mass is 10.2. The Bertz CT molecular complexity index is 491. The second-order valence-corrected chi connectivity index (χ2v) is 7.97. The van der Waals surface area contributed by atoms with Crippen LogP contribution in [0.1, 0.15) is 19.8 Å². The van der Waals surface area contributed by atoms with E-state index in [0.717, 1.165) is 4.90 Å². The first kappa shape index (κ1) is 16.5. The van der Waals surface area contributed by atoms with Crippen molar-refractivity contribution in [3.63, 3.8) is 0 Å². The van der Waals surface area contributed by atoms with Gasteiger partial charge in [0.05, 0.1) is 5.75 Å². The maximum absolute atomic E-state index is 13.0. The van der Waals surface area contributed by atoms with Crippen molar-refractivity contribution in [3.05, 3.63) is 30.1 Å². The van der Waals surface area contributed by atoms with Crippen LogP contribution >= 0.6 is 11.8 Å². The summed E-state index contributed by atoms with van der Waals surface area (Å²) in [7, 11) is -2.90. The van der Waals surface area contributed by atoms with E-state index in [9.17, 15) is 12.8 Å². The minimum atomic E-state index is -2.90. The van der Waals surface area contributed by atoms with E-state index >= 15 is 0 Å². The number of thioether (sulfide) groups is 1. The van der Waals surface area contributed by atoms with Gasteiger partial charge in [-0.1, -0.05) is 13.0 Å². The average Bonchev–Trinajstić information content (AvgIpc) is 2.36. The fourth-order valence-corrected chi connectivity index (χ4v) is 3.39. The normalized spacial score (nSPS) is 13.4. The molecule has 3 nitrogen and oxygen atoms in total. The van der Waals surface area contributed by atoms with Gasteiger partial charge in [0.15, 0.2) is 0 Å². The van der Waals surface area contributed by atoms with Gasteiger partial charge in [0.2, 0.25) is 0 Å². The van der Waals surface area contributed by atoms with Crippen molar-refractivity contribution in [1.82, 2.24) is 0 Å². The van der Waals surface area contributed by atoms with E-state index in [1.54, 1.807) is 13.0 Å². The number of halogens is 1. The minimum absolute atomic E-state index is 0.0691. The molecule has 0 bridgehead atoms. The first-order valence-electron chi connectivity index (χ1n) is 6.27. The fourth-order valence-electron chi connectivity index (χ4n) is 1.55. The Morgan fingerprint density at radius 2 is 2.16 bits per heavy atom. The highest BCUT2D eigenvalue weighted by molar-refractivity contribution is 7.99. The van der Waals surface area contributed by atoms with Crippen molar-refractivity contribution in [2.24, 2.45) is 5.73 Å². The SMILES string of the molecule is CCS(=O)(=O)CCCC(N)CSc1cccc(F)c1. The molecule has 0 fully saturated rings. The van der Waals surface area contributed by atoms with E-state index in [1.165, 1.54) is 23.9 Å². The molecular weight excluding hydrogens is 285 g/mol. The molecule has 1 rings (SSSR count). The van der Waals surface area contributed by atoms with Crippen LogP contribution < -0.4 is 5.73 Å². The van der Waals surface area contributed by atoms with Crippen LogP contribution in [0.15, 0.2) is 29.2 Å². The highest BCUT2D eigenvalue weighted by atomic mass is 32.2. The third kappa shape index (κ3) is 6.94. The van der Waals surface area contributed by atoms with Crippen LogP contribution in [-0.2, 0) is 9.84 Å². The summed E-state index contributed by atoms with van der Waals surface area (Å²) >= 11 is 1.49. The number of nitrogens with two attached hydrogens (primary N) is 1. The molecule has 1 aromatic carbocycles. The Kier molecular flexibility index (Phi) is 6.82. The van der Waals surface area contributed by atoms with Crippen LogP contribution in [0.2, 0.25) is 0 Å². The van der Waals surface area contributed by atoms with Gasteiger partial charge in [-0.25, -0.2) is 12.8 Å². The quantitative estimate of drug-likeness (QED) is 0.750. The van der Waals surface area contributed by atoms with E-state index in [-0.39, 0.29) is 23.4 Å². The molecule has 0 aliphatic carbocycles. The molecular formula is C13H20FNO2S2. The molecule has 0 radical (unpaired) electrons. The Balaban J connectivity index is 2.27. The summed E-state index contributed by atoms with van der Waals surface area (Å²) < 4.78 is 35.6. The average molecular weight is 305 g/mol. The van der Waals surface area contributed by atoms with Crippen LogP contribution in [-0.4, -0.2) is 31.7 Å². The van der Waals surface area contributed by atoms with Crippen LogP contribution in [0, 0.1) is 5.82 Å². The molecule has 1 atom stereocenters. The van der Waals surface area contributed by atoms with Crippen molar-refractivity contribution in [2.45, 2.75) is 30.7 Å². The molecule has 0 aliphatic rings. The molecule has 0 aromatic heterocycles. The Hall–Kier alpha value is -0.590. The smallest absolute Gasteiger partial charge is 0.150 e. The van der Waals surface area contributed by atoms with E-state index in [0.29, 0.717) is 18.6 Å². The predicted molar refractivity (Wildman–Crippen MR) is 78.7 cm³/mol. The molecule has 19 heavy (non-hydrogen) atoms. The maximum atomic E-state index is 13.0. The van der Waals surface area contributed by atoms with Gasteiger partial charge >= 0.3 is 0 Å². The lowest BCUT2D eigenvalue weighted by Crippen LogP contribution is -2.24. The summed E-state index contributed by atoms with van der Waals surface area (Å²) in [6.45, 7) is 1.65. The van der Waals surface area contributed by atoms with Crippen LogP contribution in [0.4, 0.5) is 4.39 Å². The molecule has 1 aromatic rings. The second-order valence-electron chi connectivity index (χ2n) is 4.41. The molecule has 0 saturated carbocycles. The zero-order valence-electron chi connectivity index (χ0n) is 11.0. The van der Waals surface area contributed by atoms with Crippen LogP contribution in [0.25, 0.3) is 0 Å². The Labute approximate surface area is 118 Å². The topological polar surface area (TPSA) is 60.2 Å². The number of sulfone groups is 1. The predicted octanol–water partition coefficient (Wildman–Crippen LogP) is 2.46. The Morgan fingerprint density at radius 1 is 1.42 bits per heavy atom. The van der Waals surface area contributed by atoms with Crippen molar-refractivity contribution in [2.75, 3.05) is 17.3 Å². The summed E-state index contributed by atoms with van der Waals surface area (Å²) in [5, 5.41) is 0. The second kappa shape index (κ2) is 7.87. The van der Waals surface area contributed by atoms with E-state index in [2.05, 4.69) is 0 Å². The summed E-state index contributed by atoms with van der Waals surface area (Å²) in [6, 6.07) is 6.30. The van der Waals surface area contributed by atoms with Gasteiger partial charge < -0.3 is 5.73 Å². The first-order valence-corrected chi connectivity index (χ1v) is 9.08. The fraction of sp³-hybridized carbons (Fsp3) is 0.538. The van der Waals surface area contributed by atoms with Crippen molar-refractivity contribution in [3.8, 4) is 0 Å². The molecule has 2 N–H and O–H groups in total. The zero-order valence-corrected chi connectivity index (χ0v) is 12.6. The largest absolute Gasteiger partial charge is 0.327 e. The van der Waals surface area contributed by atoms with Gasteiger partial charge in [0.25, 0.3) is 0 Å². The zero-order chi connectivity index (χ0) is 14.3. The molecule has 0 saturated heterocycles. The van der Waals surface area contributed by atoms with Crippen LogP contribution in [0.5, 0.6) is 0 Å². The highest BCUT2D eigenvalue weighted by Crippen LogP contribution is 2.20. The highest BCUT2D eigenvalue weighted by Gasteiger charge is 2.09. The van der Waals surface area contributed by atoms with Gasteiger partial charge in [-0.15, -0.1) is 11.8 Å². The van der Waals surface area contributed by atoms with Gasteiger partial charge in [-0.05, 0) is 31.0 Å². The van der Waals surface area contributed by atoms with Crippen LogP contribution in [0.3, 0.4) is 0 Å². The maximum Gasteiger partial charge on any atom is 0.150 e. The van der Waals surface area contributed by atoms with Gasteiger partial charge in [0, 0.05) is 22.4 Å². The molecule has 0 spiro atoms. The standard InChI is InChI=1S/C13H20FNO2S2/c1-2-19(16,17)8-4-6-12(15)10-18-13-7-3-5-11(14)9-13/h3,5,7,9,12H,2,4,6,8,10,15H2,1H3. The molecule has 108 valence electrons. The Morgan fingerprint density at radius 3 is 2.79 bits per heavy atom. The summed E-state index contributed by atoms with van der Waals surface area (Å²) in [5.74, 6) is 0.783. The summed E-state index contributed by atoms with van der Waals surface area (Å²) in [5.41, 5.74) is 5.92. The molecule has 0 amide bonds. The number of hydrogen-bond acceptors (Lipinski definition) is 4.